The van der Waals surface area contributed by atoms with Gasteiger partial charge < -0.3 is 80.4 Å². The fourth-order valence-electron chi connectivity index (χ4n) is 11.9. The van der Waals surface area contributed by atoms with Crippen LogP contribution in [0.15, 0.2) is 243 Å². The zero-order valence-electron chi connectivity index (χ0n) is 63.9. The van der Waals surface area contributed by atoms with Crippen molar-refractivity contribution in [1.82, 2.24) is 0 Å². The molecule has 0 saturated carbocycles. The van der Waals surface area contributed by atoms with E-state index >= 15 is 0 Å². The molecule has 0 spiro atoms. The van der Waals surface area contributed by atoms with Crippen LogP contribution in [0.1, 0.15) is 33.1 Å². The van der Waals surface area contributed by atoms with E-state index in [4.69, 9.17) is 80.4 Å². The fraction of sp³-hybridized carbons (Fsp3) is 0.342. The van der Waals surface area contributed by atoms with E-state index in [1.165, 1.54) is 12.8 Å². The first-order valence-corrected chi connectivity index (χ1v) is 65.4. The predicted molar refractivity (Wildman–Crippen MR) is 441 cm³/mol. The van der Waals surface area contributed by atoms with Crippen molar-refractivity contribution in [3.8, 4) is 0 Å². The van der Waals surface area contributed by atoms with Crippen LogP contribution in [0.3, 0.4) is 0 Å². The lowest BCUT2D eigenvalue weighted by Gasteiger charge is -2.58. The van der Waals surface area contributed by atoms with Crippen molar-refractivity contribution in [2.45, 2.75) is 124 Å². The molecule has 8 aromatic rings. The molecule has 13 rings (SSSR count). The summed E-state index contributed by atoms with van der Waals surface area (Å²) in [5.41, 5.74) is 0. The Kier molecular flexibility index (Phi) is 27.8. The van der Waals surface area contributed by atoms with Crippen LogP contribution in [0.2, 0.25) is 84.6 Å². The summed E-state index contributed by atoms with van der Waals surface area (Å²) in [5.74, 6) is 0. The molecule has 5 heterocycles. The van der Waals surface area contributed by atoms with Crippen molar-refractivity contribution in [2.75, 3.05) is 41.2 Å². The molecule has 0 N–H and O–H groups in total. The third kappa shape index (κ3) is 20.9. The maximum Gasteiger partial charge on any atom is 0.515 e. The molecule has 1 atom stereocenters. The Bertz CT molecular complexity index is 3440. The highest BCUT2D eigenvalue weighted by molar-refractivity contribution is 7.11. The number of hydrogen-bond donors (Lipinski definition) is 0. The monoisotopic (exact) mass is 1650 g/mol. The fourth-order valence-corrected chi connectivity index (χ4v) is 69.8. The Hall–Kier alpha value is -4.18. The number of unbranched alkanes of at least 4 members (excludes halogenated alkanes) is 1. The van der Waals surface area contributed by atoms with E-state index in [1.54, 1.807) is 21.3 Å². The van der Waals surface area contributed by atoms with Gasteiger partial charge in [-0.1, -0.05) is 269 Å². The molecule has 32 heteroatoms. The maximum atomic E-state index is 8.78. The summed E-state index contributed by atoms with van der Waals surface area (Å²) < 4.78 is 144. The van der Waals surface area contributed by atoms with Crippen LogP contribution in [0.4, 0.5) is 0 Å². The van der Waals surface area contributed by atoms with Crippen molar-refractivity contribution in [1.29, 1.82) is 0 Å². The largest absolute Gasteiger partial charge is 0.515 e. The van der Waals surface area contributed by atoms with Crippen molar-refractivity contribution in [3.05, 3.63) is 243 Å². The smallest absolute Gasteiger partial charge is 0.413 e. The molecule has 1 unspecified atom stereocenters. The molecule has 5 saturated heterocycles. The van der Waals surface area contributed by atoms with E-state index in [-0.39, 0.29) is 0 Å². The molecule has 105 heavy (non-hydrogen) atoms. The van der Waals surface area contributed by atoms with Gasteiger partial charge in [0.05, 0.1) is 13.2 Å². The molecular weight excluding hydrogens is 1550 g/mol. The number of fused-ring (bicyclic) bond motifs is 4. The number of epoxide rings is 1. The second-order valence-corrected chi connectivity index (χ2v) is 74.6. The molecule has 19 nitrogen and oxygen atoms in total. The third-order valence-corrected chi connectivity index (χ3v) is 63.2. The van der Waals surface area contributed by atoms with Crippen LogP contribution >= 0.6 is 0 Å². The van der Waals surface area contributed by atoms with Crippen molar-refractivity contribution in [3.63, 3.8) is 0 Å². The van der Waals surface area contributed by atoms with Crippen molar-refractivity contribution >= 4 is 154 Å². The minimum atomic E-state index is -5.23. The molecule has 8 aromatic carbocycles. The number of benzene rings is 8. The van der Waals surface area contributed by atoms with Gasteiger partial charge in [0.25, 0.3) is 0 Å². The molecule has 564 valence electrons. The van der Waals surface area contributed by atoms with E-state index < -0.39 is 113 Å². The average Bonchev–Trinajstić information content (AvgIpc) is 1.63. The summed E-state index contributed by atoms with van der Waals surface area (Å²) in [5, 5.41) is 4.46. The quantitative estimate of drug-likeness (QED) is 0.0284. The van der Waals surface area contributed by atoms with Gasteiger partial charge >= 0.3 is 79.2 Å². The topological polar surface area (TPSA) is 179 Å². The standard InChI is InChI=1S/C60H76O14Si12.C7H14O2.C6H16O3Si/c1-75(2,3)61-79(53-37-21-13-22-38-53)65-83(57-45-29-17-30-46-57)67-80(62-76(4,5)6,54-39-23-14-24-40-54)68-84(66-79,58-47-31-18-32-48-58)74-86(60-51-35-20-36-52-60)70-81(63-77(7,8)9,55-41-25-15-26-42-55)69-85(73-83,59-49-33-19-34-50-59)71-82(72-86,64-78(10,11)12)56-43-27-16-28-44-56;1-2-3-4-8-5-7-6-9-7;1-5-6-10(7-2,8-3)9-4/h13-52H,1-12H3;7H,2-6H2,1H3;5-6H2,1-4H3. The van der Waals surface area contributed by atoms with E-state index in [9.17, 15) is 0 Å². The van der Waals surface area contributed by atoms with Crippen LogP contribution in [0.5, 0.6) is 0 Å². The minimum absolute atomic E-state index is 0.432. The Morgan fingerprint density at radius 1 is 0.305 bits per heavy atom. The van der Waals surface area contributed by atoms with Crippen LogP contribution in [-0.4, -0.2) is 160 Å². The van der Waals surface area contributed by atoms with Gasteiger partial charge in [-0.2, -0.15) is 0 Å². The lowest BCUT2D eigenvalue weighted by Crippen LogP contribution is -2.91. The minimum Gasteiger partial charge on any atom is -0.413 e. The third-order valence-electron chi connectivity index (χ3n) is 16.3. The zero-order valence-corrected chi connectivity index (χ0v) is 76.9. The van der Waals surface area contributed by atoms with Gasteiger partial charge in [-0.25, -0.2) is 0 Å². The van der Waals surface area contributed by atoms with Gasteiger partial charge in [-0.3, -0.25) is 0 Å². The Morgan fingerprint density at radius 3 is 0.676 bits per heavy atom. The van der Waals surface area contributed by atoms with Gasteiger partial charge in [-0.05, 0) is 85.0 Å². The summed E-state index contributed by atoms with van der Waals surface area (Å²) in [6.07, 6.45) is 3.85. The van der Waals surface area contributed by atoms with Gasteiger partial charge in [-0.15, -0.1) is 0 Å². The second-order valence-electron chi connectivity index (χ2n) is 29.7. The van der Waals surface area contributed by atoms with E-state index in [2.05, 4.69) is 92.4 Å². The molecule has 0 radical (unpaired) electrons. The highest BCUT2D eigenvalue weighted by atomic mass is 28.6. The summed E-state index contributed by atoms with van der Waals surface area (Å²) in [4.78, 5) is 0. The van der Waals surface area contributed by atoms with Crippen LogP contribution in [0, 0.1) is 0 Å². The maximum absolute atomic E-state index is 8.78. The molecule has 5 aliphatic rings. The second kappa shape index (κ2) is 35.0. The summed E-state index contributed by atoms with van der Waals surface area (Å²) in [6.45, 7) is 32.3. The van der Waals surface area contributed by atoms with Crippen LogP contribution < -0.4 is 41.5 Å². The Morgan fingerprint density at radius 2 is 0.514 bits per heavy atom. The lowest BCUT2D eigenvalue weighted by atomic mass is 10.4. The highest BCUT2D eigenvalue weighted by Gasteiger charge is 2.81. The van der Waals surface area contributed by atoms with E-state index in [1.807, 2.05) is 243 Å². The number of rotatable bonds is 26. The van der Waals surface area contributed by atoms with Gasteiger partial charge in [0, 0.05) is 75.5 Å². The summed E-state index contributed by atoms with van der Waals surface area (Å²) >= 11 is 0. The van der Waals surface area contributed by atoms with Crippen molar-refractivity contribution in [2.24, 2.45) is 0 Å². The first-order valence-electron chi connectivity index (χ1n) is 36.0. The van der Waals surface area contributed by atoms with Gasteiger partial charge in [0.2, 0.25) is 0 Å². The van der Waals surface area contributed by atoms with E-state index in [0.29, 0.717) is 47.6 Å². The van der Waals surface area contributed by atoms with E-state index in [0.717, 1.165) is 32.3 Å². The molecule has 0 aliphatic carbocycles. The normalized spacial score (nSPS) is 27.2. The van der Waals surface area contributed by atoms with Gasteiger partial charge in [0.1, 0.15) is 6.10 Å². The predicted octanol–water partition coefficient (Wildman–Crippen LogP) is 10.8. The number of hydrogen-bond acceptors (Lipinski definition) is 19. The SMILES string of the molecule is CCCCOCC1CO1.CCC[Si](OC)(OC)OC.C[Si](C)(C)O[Si]1(c2ccccc2)O[Si]2(c3ccccc3)O[Si](O[Si](C)(C)C)(c3ccccc3)O[Si](c3ccccc3)(O1)O[Si]1(c3ccccc3)O[Si](O[Si](C)(C)C)(c3ccccc3)O[Si](c3ccccc3)(O[Si](O[Si](C)(C)C)(c3ccccc3)O1)O2. The van der Waals surface area contributed by atoms with Gasteiger partial charge in [0.15, 0.2) is 33.3 Å². The number of ether oxygens (including phenoxy) is 2. The first-order chi connectivity index (χ1) is 49.9. The molecule has 0 aromatic heterocycles. The molecule has 0 amide bonds. The van der Waals surface area contributed by atoms with Crippen molar-refractivity contribution < 1.29 is 80.4 Å². The lowest BCUT2D eigenvalue weighted by molar-refractivity contribution is 0.0483. The molecule has 5 aliphatic heterocycles. The van der Waals surface area contributed by atoms with Crippen LogP contribution in [0.25, 0.3) is 0 Å². The molecular formula is C73H106O19Si13. The summed E-state index contributed by atoms with van der Waals surface area (Å²) in [7, 11) is -49.2. The molecule has 5 fully saturated rings. The average molecular weight is 1650 g/mol. The molecule has 4 bridgehead atoms. The Balaban J connectivity index is 0.000000543. The Labute approximate surface area is 637 Å². The van der Waals surface area contributed by atoms with Crippen LogP contribution in [-0.2, 0) is 80.4 Å². The first kappa shape index (κ1) is 83.3. The zero-order chi connectivity index (χ0) is 75.4. The summed E-state index contributed by atoms with van der Waals surface area (Å²) in [6, 6.07) is 79.3. The highest BCUT2D eigenvalue weighted by Crippen LogP contribution is 2.45.